The fraction of sp³-hybridized carbons (Fsp3) is 0.529. The average Bonchev–Trinajstić information content (AvgIpc) is 2.54. The zero-order chi connectivity index (χ0) is 16.1. The maximum absolute atomic E-state index is 12.1. The number of aryl methyl sites for hydroxylation is 1. The number of hydrogen-bond acceptors (Lipinski definition) is 4. The molecule has 3 rings (SSSR count). The van der Waals surface area contributed by atoms with Crippen molar-refractivity contribution in [2.75, 3.05) is 13.1 Å². The maximum Gasteiger partial charge on any atom is 0.270 e. The molecule has 0 aliphatic carbocycles. The van der Waals surface area contributed by atoms with Gasteiger partial charge in [-0.1, -0.05) is 19.9 Å². The lowest BCUT2D eigenvalue weighted by atomic mass is 10.1. The Bertz CT molecular complexity index is 672. The first-order chi connectivity index (χ1) is 10.6. The summed E-state index contributed by atoms with van der Waals surface area (Å²) in [5.41, 5.74) is 8.79. The van der Waals surface area contributed by atoms with E-state index in [1.807, 2.05) is 43.5 Å². The normalized spacial score (nSPS) is 16.4. The third-order valence-electron chi connectivity index (χ3n) is 3.98. The van der Waals surface area contributed by atoms with Crippen molar-refractivity contribution in [2.45, 2.75) is 46.3 Å². The third kappa shape index (κ3) is 3.72. The Morgan fingerprint density at radius 2 is 1.95 bits per heavy atom. The predicted molar refractivity (Wildman–Crippen MR) is 90.9 cm³/mol. The van der Waals surface area contributed by atoms with Crippen molar-refractivity contribution in [3.8, 4) is 0 Å². The first kappa shape index (κ1) is 16.6. The van der Waals surface area contributed by atoms with Crippen molar-refractivity contribution in [3.63, 3.8) is 0 Å². The number of nitrogens with zero attached hydrogens (tertiary/aromatic N) is 3. The molecule has 1 aromatic carbocycles. The van der Waals surface area contributed by atoms with Crippen molar-refractivity contribution in [3.05, 3.63) is 40.3 Å². The van der Waals surface area contributed by atoms with Gasteiger partial charge in [0.15, 0.2) is 0 Å². The van der Waals surface area contributed by atoms with Crippen LogP contribution in [0.15, 0.2) is 29.2 Å². The second-order valence-corrected chi connectivity index (χ2v) is 5.61. The van der Waals surface area contributed by atoms with Crippen LogP contribution in [0.25, 0.3) is 11.0 Å². The molecule has 0 bridgehead atoms. The standard InChI is InChI=1S/C15H20N4O.C2H6/c1-11-2-3-13-14(8-11)19(15(20)9-17-13)10-18-6-4-12(16)5-7-18;1-2/h2-3,8-9,12H,4-7,10,16H2,1H3;1-2H3. The van der Waals surface area contributed by atoms with Crippen LogP contribution >= 0.6 is 0 Å². The lowest BCUT2D eigenvalue weighted by molar-refractivity contribution is 0.171. The van der Waals surface area contributed by atoms with Crippen LogP contribution < -0.4 is 11.3 Å². The number of piperidine rings is 1. The molecule has 0 atom stereocenters. The van der Waals surface area contributed by atoms with E-state index in [1.165, 1.54) is 6.20 Å². The molecule has 2 aromatic rings. The maximum atomic E-state index is 12.1. The van der Waals surface area contributed by atoms with Crippen molar-refractivity contribution in [1.29, 1.82) is 0 Å². The summed E-state index contributed by atoms with van der Waals surface area (Å²) < 4.78 is 1.81. The molecule has 0 unspecified atom stereocenters. The smallest absolute Gasteiger partial charge is 0.270 e. The SMILES string of the molecule is CC.Cc1ccc2ncc(=O)n(CN3CCC(N)CC3)c2c1. The molecule has 22 heavy (non-hydrogen) atoms. The Morgan fingerprint density at radius 3 is 2.64 bits per heavy atom. The highest BCUT2D eigenvalue weighted by molar-refractivity contribution is 5.75. The zero-order valence-electron chi connectivity index (χ0n) is 13.7. The molecular weight excluding hydrogens is 276 g/mol. The molecule has 0 saturated carbocycles. The molecule has 0 amide bonds. The quantitative estimate of drug-likeness (QED) is 0.923. The summed E-state index contributed by atoms with van der Waals surface area (Å²) in [7, 11) is 0. The Kier molecular flexibility index (Phi) is 5.69. The van der Waals surface area contributed by atoms with Crippen LogP contribution in [0.5, 0.6) is 0 Å². The van der Waals surface area contributed by atoms with E-state index in [2.05, 4.69) is 9.88 Å². The predicted octanol–water partition coefficient (Wildman–Crippen LogP) is 2.11. The number of rotatable bonds is 2. The Labute approximate surface area is 131 Å². The van der Waals surface area contributed by atoms with Gasteiger partial charge < -0.3 is 5.73 Å². The van der Waals surface area contributed by atoms with E-state index in [0.29, 0.717) is 12.7 Å². The minimum atomic E-state index is -0.0435. The van der Waals surface area contributed by atoms with E-state index in [9.17, 15) is 4.79 Å². The van der Waals surface area contributed by atoms with Crippen LogP contribution in [0.3, 0.4) is 0 Å². The number of fused-ring (bicyclic) bond motifs is 1. The van der Waals surface area contributed by atoms with Gasteiger partial charge in [0, 0.05) is 19.1 Å². The molecule has 1 saturated heterocycles. The number of hydrogen-bond donors (Lipinski definition) is 1. The lowest BCUT2D eigenvalue weighted by Gasteiger charge is -2.30. The number of likely N-dealkylation sites (tertiary alicyclic amines) is 1. The molecule has 1 aliphatic heterocycles. The fourth-order valence-corrected chi connectivity index (χ4v) is 2.71. The summed E-state index contributed by atoms with van der Waals surface area (Å²) >= 11 is 0. The van der Waals surface area contributed by atoms with Crippen LogP contribution in [0.4, 0.5) is 0 Å². The average molecular weight is 302 g/mol. The van der Waals surface area contributed by atoms with Crippen molar-refractivity contribution in [1.82, 2.24) is 14.5 Å². The molecule has 2 heterocycles. The highest BCUT2D eigenvalue weighted by atomic mass is 16.1. The second-order valence-electron chi connectivity index (χ2n) is 5.61. The number of benzene rings is 1. The largest absolute Gasteiger partial charge is 0.328 e. The number of aromatic nitrogens is 2. The monoisotopic (exact) mass is 302 g/mol. The summed E-state index contributed by atoms with van der Waals surface area (Å²) in [5.74, 6) is 0. The van der Waals surface area contributed by atoms with Gasteiger partial charge in [-0.15, -0.1) is 0 Å². The van der Waals surface area contributed by atoms with E-state index in [4.69, 9.17) is 5.73 Å². The molecule has 1 aliphatic rings. The summed E-state index contributed by atoms with van der Waals surface area (Å²) in [4.78, 5) is 18.6. The minimum absolute atomic E-state index is 0.0435. The Balaban J connectivity index is 0.000000847. The summed E-state index contributed by atoms with van der Waals surface area (Å²) in [6.45, 7) is 8.54. The van der Waals surface area contributed by atoms with Gasteiger partial charge in [-0.2, -0.15) is 0 Å². The Morgan fingerprint density at radius 1 is 1.27 bits per heavy atom. The Hall–Kier alpha value is -1.72. The van der Waals surface area contributed by atoms with E-state index in [0.717, 1.165) is 42.5 Å². The van der Waals surface area contributed by atoms with Crippen LogP contribution in [-0.4, -0.2) is 33.6 Å². The van der Waals surface area contributed by atoms with Gasteiger partial charge in [-0.3, -0.25) is 14.3 Å². The fourth-order valence-electron chi connectivity index (χ4n) is 2.71. The first-order valence-electron chi connectivity index (χ1n) is 8.07. The molecule has 5 nitrogen and oxygen atoms in total. The molecule has 0 radical (unpaired) electrons. The van der Waals surface area contributed by atoms with E-state index in [-0.39, 0.29) is 5.56 Å². The number of nitrogens with two attached hydrogens (primary N) is 1. The molecular formula is C17H26N4O. The van der Waals surface area contributed by atoms with E-state index in [1.54, 1.807) is 0 Å². The van der Waals surface area contributed by atoms with Crippen molar-refractivity contribution in [2.24, 2.45) is 5.73 Å². The van der Waals surface area contributed by atoms with Crippen LogP contribution in [0.1, 0.15) is 32.3 Å². The summed E-state index contributed by atoms with van der Waals surface area (Å²) in [6, 6.07) is 6.32. The highest BCUT2D eigenvalue weighted by Crippen LogP contribution is 2.14. The van der Waals surface area contributed by atoms with Gasteiger partial charge >= 0.3 is 0 Å². The van der Waals surface area contributed by atoms with Crippen LogP contribution in [0.2, 0.25) is 0 Å². The van der Waals surface area contributed by atoms with Crippen molar-refractivity contribution >= 4 is 11.0 Å². The van der Waals surface area contributed by atoms with Gasteiger partial charge in [-0.05, 0) is 37.5 Å². The van der Waals surface area contributed by atoms with Crippen molar-refractivity contribution < 1.29 is 0 Å². The zero-order valence-corrected chi connectivity index (χ0v) is 13.7. The van der Waals surface area contributed by atoms with Crippen LogP contribution in [0, 0.1) is 6.92 Å². The topological polar surface area (TPSA) is 64.2 Å². The molecule has 2 N–H and O–H groups in total. The van der Waals surface area contributed by atoms with Gasteiger partial charge in [0.25, 0.3) is 5.56 Å². The molecule has 0 spiro atoms. The first-order valence-corrected chi connectivity index (χ1v) is 8.07. The molecule has 5 heteroatoms. The molecule has 120 valence electrons. The van der Waals surface area contributed by atoms with Gasteiger partial charge in [0.1, 0.15) is 0 Å². The minimum Gasteiger partial charge on any atom is -0.328 e. The second kappa shape index (κ2) is 7.51. The van der Waals surface area contributed by atoms with E-state index < -0.39 is 0 Å². The molecule has 1 aromatic heterocycles. The summed E-state index contributed by atoms with van der Waals surface area (Å²) in [5, 5.41) is 0. The highest BCUT2D eigenvalue weighted by Gasteiger charge is 2.17. The van der Waals surface area contributed by atoms with Gasteiger partial charge in [0.05, 0.1) is 23.9 Å². The van der Waals surface area contributed by atoms with Crippen LogP contribution in [-0.2, 0) is 6.67 Å². The van der Waals surface area contributed by atoms with Gasteiger partial charge in [-0.25, -0.2) is 4.98 Å². The lowest BCUT2D eigenvalue weighted by Crippen LogP contribution is -2.42. The van der Waals surface area contributed by atoms with E-state index >= 15 is 0 Å². The van der Waals surface area contributed by atoms with Gasteiger partial charge in [0.2, 0.25) is 0 Å². The third-order valence-corrected chi connectivity index (χ3v) is 3.98. The molecule has 1 fully saturated rings. The summed E-state index contributed by atoms with van der Waals surface area (Å²) in [6.07, 6.45) is 3.40.